The summed E-state index contributed by atoms with van der Waals surface area (Å²) >= 11 is 3.61. The first kappa shape index (κ1) is 19.5. The van der Waals surface area contributed by atoms with Gasteiger partial charge < -0.3 is 9.73 Å². The third kappa shape index (κ3) is 3.62. The van der Waals surface area contributed by atoms with Crippen LogP contribution in [0.4, 0.5) is 5.69 Å². The molecule has 0 aliphatic carbocycles. The van der Waals surface area contributed by atoms with Gasteiger partial charge in [-0.05, 0) is 66.6 Å². The van der Waals surface area contributed by atoms with E-state index in [1.807, 2.05) is 74.5 Å². The molecule has 0 saturated carbocycles. The second kappa shape index (κ2) is 7.67. The van der Waals surface area contributed by atoms with E-state index in [4.69, 9.17) is 9.40 Å². The molecule has 0 aliphatic heterocycles. The van der Waals surface area contributed by atoms with E-state index in [9.17, 15) is 4.79 Å². The van der Waals surface area contributed by atoms with E-state index in [0.29, 0.717) is 28.2 Å². The zero-order chi connectivity index (χ0) is 21.5. The van der Waals surface area contributed by atoms with Crippen molar-refractivity contribution in [2.45, 2.75) is 13.8 Å². The maximum absolute atomic E-state index is 12.7. The van der Waals surface area contributed by atoms with E-state index in [1.54, 1.807) is 0 Å². The number of anilines is 1. The van der Waals surface area contributed by atoms with Crippen molar-refractivity contribution in [3.63, 3.8) is 0 Å². The first-order chi connectivity index (χ1) is 15.0. The van der Waals surface area contributed by atoms with Crippen LogP contribution in [0.1, 0.15) is 21.5 Å². The van der Waals surface area contributed by atoms with Gasteiger partial charge in [-0.25, -0.2) is 4.98 Å². The van der Waals surface area contributed by atoms with Gasteiger partial charge in [0.2, 0.25) is 5.89 Å². The highest BCUT2D eigenvalue weighted by molar-refractivity contribution is 9.10. The Morgan fingerprint density at radius 1 is 0.935 bits per heavy atom. The number of hydrogen-bond acceptors (Lipinski definition) is 3. The van der Waals surface area contributed by atoms with Crippen LogP contribution in [0.15, 0.2) is 81.7 Å². The highest BCUT2D eigenvalue weighted by atomic mass is 79.9. The van der Waals surface area contributed by atoms with Gasteiger partial charge in [-0.3, -0.25) is 4.79 Å². The first-order valence-corrected chi connectivity index (χ1v) is 10.8. The largest absolute Gasteiger partial charge is 0.436 e. The van der Waals surface area contributed by atoms with Gasteiger partial charge in [-0.15, -0.1) is 0 Å². The third-order valence-electron chi connectivity index (χ3n) is 5.37. The standard InChI is InChI=1S/C26H19BrN2O2/c1-15-9-11-18(16(2)13-15)25(30)28-17-10-12-24-23(14-17)29-26(31-24)21-7-3-6-20-19(21)5-4-8-22(20)27/h3-14H,1-2H3,(H,28,30). The molecule has 0 aliphatic rings. The van der Waals surface area contributed by atoms with Gasteiger partial charge in [-0.1, -0.05) is 57.9 Å². The minimum atomic E-state index is -0.139. The Hall–Kier alpha value is -3.44. The SMILES string of the molecule is Cc1ccc(C(=O)Nc2ccc3oc(-c4cccc5c(Br)cccc45)nc3c2)c(C)c1. The van der Waals surface area contributed by atoms with E-state index in [0.717, 1.165) is 31.9 Å². The van der Waals surface area contributed by atoms with Gasteiger partial charge in [-0.2, -0.15) is 0 Å². The topological polar surface area (TPSA) is 55.1 Å². The van der Waals surface area contributed by atoms with E-state index in [1.165, 1.54) is 0 Å². The Bertz CT molecular complexity index is 1470. The molecule has 0 unspecified atom stereocenters. The van der Waals surface area contributed by atoms with Gasteiger partial charge >= 0.3 is 0 Å². The van der Waals surface area contributed by atoms with Gasteiger partial charge in [0.1, 0.15) is 5.52 Å². The first-order valence-electron chi connectivity index (χ1n) is 9.96. The normalized spacial score (nSPS) is 11.2. The van der Waals surface area contributed by atoms with Crippen molar-refractivity contribution in [1.29, 1.82) is 0 Å². The number of aryl methyl sites for hydroxylation is 2. The van der Waals surface area contributed by atoms with Crippen molar-refractivity contribution < 1.29 is 9.21 Å². The summed E-state index contributed by atoms with van der Waals surface area (Å²) < 4.78 is 7.07. The molecule has 152 valence electrons. The Kier molecular flexibility index (Phi) is 4.83. The van der Waals surface area contributed by atoms with Crippen molar-refractivity contribution in [3.8, 4) is 11.5 Å². The number of hydrogen-bond donors (Lipinski definition) is 1. The molecular weight excluding hydrogens is 452 g/mol. The van der Waals surface area contributed by atoms with Crippen LogP contribution in [0.5, 0.6) is 0 Å². The molecule has 0 radical (unpaired) electrons. The summed E-state index contributed by atoms with van der Waals surface area (Å²) in [6, 6.07) is 23.4. The number of nitrogens with zero attached hydrogens (tertiary/aromatic N) is 1. The number of oxazole rings is 1. The second-order valence-electron chi connectivity index (χ2n) is 7.61. The molecule has 4 aromatic carbocycles. The molecule has 0 fully saturated rings. The van der Waals surface area contributed by atoms with Crippen LogP contribution in [-0.2, 0) is 0 Å². The molecule has 4 nitrogen and oxygen atoms in total. The van der Waals surface area contributed by atoms with E-state index >= 15 is 0 Å². The average Bonchev–Trinajstić information content (AvgIpc) is 3.17. The van der Waals surface area contributed by atoms with Crippen molar-refractivity contribution in [3.05, 3.63) is 94.0 Å². The van der Waals surface area contributed by atoms with E-state index < -0.39 is 0 Å². The van der Waals surface area contributed by atoms with Gasteiger partial charge in [0, 0.05) is 21.3 Å². The maximum Gasteiger partial charge on any atom is 0.255 e. The Morgan fingerprint density at radius 2 is 1.74 bits per heavy atom. The number of benzene rings is 4. The number of rotatable bonds is 3. The molecular formula is C26H19BrN2O2. The number of nitrogens with one attached hydrogen (secondary N) is 1. The molecule has 5 heteroatoms. The summed E-state index contributed by atoms with van der Waals surface area (Å²) in [6.07, 6.45) is 0. The van der Waals surface area contributed by atoms with E-state index in [-0.39, 0.29) is 5.91 Å². The minimum absolute atomic E-state index is 0.139. The molecule has 31 heavy (non-hydrogen) atoms. The fourth-order valence-electron chi connectivity index (χ4n) is 3.85. The summed E-state index contributed by atoms with van der Waals surface area (Å²) in [5, 5.41) is 5.13. The molecule has 5 aromatic rings. The average molecular weight is 471 g/mol. The predicted molar refractivity (Wildman–Crippen MR) is 129 cm³/mol. The summed E-state index contributed by atoms with van der Waals surface area (Å²) in [5.41, 5.74) is 5.71. The number of aromatic nitrogens is 1. The quantitative estimate of drug-likeness (QED) is 0.301. The lowest BCUT2D eigenvalue weighted by Gasteiger charge is -2.08. The summed E-state index contributed by atoms with van der Waals surface area (Å²) in [5.74, 6) is 0.413. The van der Waals surface area contributed by atoms with Crippen molar-refractivity contribution in [2.75, 3.05) is 5.32 Å². The maximum atomic E-state index is 12.7. The molecule has 0 bridgehead atoms. The summed E-state index contributed by atoms with van der Waals surface area (Å²) in [4.78, 5) is 17.4. The lowest BCUT2D eigenvalue weighted by atomic mass is 10.0. The van der Waals surface area contributed by atoms with Crippen LogP contribution in [0.25, 0.3) is 33.3 Å². The highest BCUT2D eigenvalue weighted by Crippen LogP contribution is 2.34. The predicted octanol–water partition coefficient (Wildman–Crippen LogP) is 7.28. The number of carbonyl (C=O) groups is 1. The third-order valence-corrected chi connectivity index (χ3v) is 6.06. The molecule has 1 N–H and O–H groups in total. The van der Waals surface area contributed by atoms with Crippen LogP contribution in [0, 0.1) is 13.8 Å². The minimum Gasteiger partial charge on any atom is -0.436 e. The Morgan fingerprint density at radius 3 is 2.58 bits per heavy atom. The van der Waals surface area contributed by atoms with Crippen molar-refractivity contribution >= 4 is 49.4 Å². The number of carbonyl (C=O) groups excluding carboxylic acids is 1. The van der Waals surface area contributed by atoms with Crippen molar-refractivity contribution in [2.24, 2.45) is 0 Å². The van der Waals surface area contributed by atoms with Crippen LogP contribution >= 0.6 is 15.9 Å². The summed E-state index contributed by atoms with van der Waals surface area (Å²) in [6.45, 7) is 3.96. The molecule has 1 aromatic heterocycles. The number of halogens is 1. The highest BCUT2D eigenvalue weighted by Gasteiger charge is 2.14. The fraction of sp³-hybridized carbons (Fsp3) is 0.0769. The molecule has 1 heterocycles. The lowest BCUT2D eigenvalue weighted by Crippen LogP contribution is -2.13. The zero-order valence-electron chi connectivity index (χ0n) is 17.1. The monoisotopic (exact) mass is 470 g/mol. The molecule has 1 amide bonds. The van der Waals surface area contributed by atoms with Crippen LogP contribution in [0.3, 0.4) is 0 Å². The van der Waals surface area contributed by atoms with Gasteiger partial charge in [0.05, 0.1) is 0 Å². The molecule has 0 atom stereocenters. The van der Waals surface area contributed by atoms with Crippen LogP contribution in [0.2, 0.25) is 0 Å². The van der Waals surface area contributed by atoms with Gasteiger partial charge in [0.15, 0.2) is 5.58 Å². The smallest absolute Gasteiger partial charge is 0.255 e. The number of amides is 1. The number of fused-ring (bicyclic) bond motifs is 2. The fourth-order valence-corrected chi connectivity index (χ4v) is 4.34. The lowest BCUT2D eigenvalue weighted by molar-refractivity contribution is 0.102. The van der Waals surface area contributed by atoms with Gasteiger partial charge in [0.25, 0.3) is 5.91 Å². The Balaban J connectivity index is 1.50. The van der Waals surface area contributed by atoms with Crippen LogP contribution in [-0.4, -0.2) is 10.9 Å². The van der Waals surface area contributed by atoms with Crippen molar-refractivity contribution in [1.82, 2.24) is 4.98 Å². The second-order valence-corrected chi connectivity index (χ2v) is 8.47. The van der Waals surface area contributed by atoms with E-state index in [2.05, 4.69) is 33.4 Å². The molecule has 5 rings (SSSR count). The molecule has 0 saturated heterocycles. The summed E-state index contributed by atoms with van der Waals surface area (Å²) in [7, 11) is 0. The zero-order valence-corrected chi connectivity index (χ0v) is 18.7. The Labute approximate surface area is 188 Å². The van der Waals surface area contributed by atoms with Crippen LogP contribution < -0.4 is 5.32 Å². The molecule has 0 spiro atoms.